The van der Waals surface area contributed by atoms with Crippen LogP contribution in [0.2, 0.25) is 0 Å². The van der Waals surface area contributed by atoms with E-state index in [0.717, 1.165) is 5.69 Å². The van der Waals surface area contributed by atoms with Gasteiger partial charge in [0.15, 0.2) is 5.78 Å². The van der Waals surface area contributed by atoms with Gasteiger partial charge in [-0.1, -0.05) is 12.1 Å². The molecule has 7 heteroatoms. The molecular weight excluding hydrogens is 410 g/mol. The molecule has 0 bridgehead atoms. The number of aromatic carboxylic acids is 1. The molecule has 0 spiro atoms. The molecular formula is C25H23NO6. The van der Waals surface area contributed by atoms with E-state index in [1.807, 2.05) is 43.3 Å². The minimum Gasteiger partial charge on any atom is -0.507 e. The lowest BCUT2D eigenvalue weighted by atomic mass is 9.85. The second-order valence-electron chi connectivity index (χ2n) is 7.79. The lowest BCUT2D eigenvalue weighted by Gasteiger charge is -2.19. The smallest absolute Gasteiger partial charge is 0.339 e. The molecule has 0 amide bonds. The number of hydrogen-bond donors (Lipinski definition) is 3. The summed E-state index contributed by atoms with van der Waals surface area (Å²) >= 11 is 0. The zero-order chi connectivity index (χ0) is 23.7. The molecule has 1 aliphatic rings. The summed E-state index contributed by atoms with van der Waals surface area (Å²) in [5.41, 5.74) is 3.11. The summed E-state index contributed by atoms with van der Waals surface area (Å²) in [5.74, 6) is -3.53. The number of benzene rings is 2. The number of carboxylic acid groups (broad SMARTS) is 2. The summed E-state index contributed by atoms with van der Waals surface area (Å²) in [6, 6.07) is 10.4. The third kappa shape index (κ3) is 4.18. The Morgan fingerprint density at radius 2 is 1.50 bits per heavy atom. The van der Waals surface area contributed by atoms with Crippen molar-refractivity contribution in [3.8, 4) is 5.75 Å². The van der Waals surface area contributed by atoms with Crippen molar-refractivity contribution >= 4 is 29.0 Å². The van der Waals surface area contributed by atoms with Gasteiger partial charge in [-0.05, 0) is 83.7 Å². The van der Waals surface area contributed by atoms with Gasteiger partial charge in [-0.2, -0.15) is 0 Å². The van der Waals surface area contributed by atoms with E-state index in [9.17, 15) is 29.7 Å². The summed E-state index contributed by atoms with van der Waals surface area (Å²) in [4.78, 5) is 37.6. The largest absolute Gasteiger partial charge is 0.507 e. The Bertz CT molecular complexity index is 1230. The molecule has 0 radical (unpaired) electrons. The Hall–Kier alpha value is -4.13. The predicted molar refractivity (Wildman–Crippen MR) is 121 cm³/mol. The first-order chi connectivity index (χ1) is 15.0. The van der Waals surface area contributed by atoms with Gasteiger partial charge in [-0.15, -0.1) is 0 Å². The first-order valence-electron chi connectivity index (χ1n) is 9.78. The molecule has 3 rings (SSSR count). The Labute approximate surface area is 185 Å². The van der Waals surface area contributed by atoms with Gasteiger partial charge >= 0.3 is 11.9 Å². The van der Waals surface area contributed by atoms with Gasteiger partial charge in [-0.25, -0.2) is 9.59 Å². The minimum atomic E-state index is -1.34. The summed E-state index contributed by atoms with van der Waals surface area (Å²) < 4.78 is 0. The Morgan fingerprint density at radius 1 is 0.875 bits per heavy atom. The van der Waals surface area contributed by atoms with Crippen LogP contribution in [-0.4, -0.2) is 47.1 Å². The number of anilines is 1. The molecule has 0 fully saturated rings. The summed E-state index contributed by atoms with van der Waals surface area (Å²) in [6.45, 7) is 3.13. The van der Waals surface area contributed by atoms with E-state index in [-0.39, 0.29) is 22.5 Å². The summed E-state index contributed by atoms with van der Waals surface area (Å²) in [7, 11) is 3.80. The maximum Gasteiger partial charge on any atom is 0.339 e. The van der Waals surface area contributed by atoms with Crippen molar-refractivity contribution in [2.75, 3.05) is 19.0 Å². The van der Waals surface area contributed by atoms with Crippen LogP contribution in [0.1, 0.15) is 34.0 Å². The molecule has 1 aliphatic carbocycles. The minimum absolute atomic E-state index is 0.260. The van der Waals surface area contributed by atoms with E-state index < -0.39 is 17.7 Å². The molecule has 7 nitrogen and oxygen atoms in total. The normalized spacial score (nSPS) is 15.1. The highest BCUT2D eigenvalue weighted by molar-refractivity contribution is 6.25. The summed E-state index contributed by atoms with van der Waals surface area (Å²) in [6.07, 6.45) is 2.89. The van der Waals surface area contributed by atoms with Gasteiger partial charge in [0.25, 0.3) is 0 Å². The van der Waals surface area contributed by atoms with Crippen LogP contribution in [0.5, 0.6) is 5.75 Å². The number of carbonyl (C=O) groups is 3. The highest BCUT2D eigenvalue weighted by Gasteiger charge is 2.25. The lowest BCUT2D eigenvalue weighted by molar-refractivity contribution is -0.134. The Morgan fingerprint density at radius 3 is 2.03 bits per heavy atom. The number of aryl methyl sites for hydroxylation is 1. The van der Waals surface area contributed by atoms with Gasteiger partial charge in [0.2, 0.25) is 0 Å². The predicted octanol–water partition coefficient (Wildman–Crippen LogP) is 3.81. The average Bonchev–Trinajstić information content (AvgIpc) is 2.72. The maximum absolute atomic E-state index is 12.3. The number of rotatable bonds is 5. The van der Waals surface area contributed by atoms with E-state index in [4.69, 9.17) is 0 Å². The quantitative estimate of drug-likeness (QED) is 0.614. The first-order valence-corrected chi connectivity index (χ1v) is 9.78. The van der Waals surface area contributed by atoms with Crippen molar-refractivity contribution < 1.29 is 29.7 Å². The number of ketones is 1. The number of aliphatic carboxylic acids is 1. The molecule has 0 atom stereocenters. The van der Waals surface area contributed by atoms with Crippen LogP contribution < -0.4 is 4.90 Å². The van der Waals surface area contributed by atoms with Crippen LogP contribution >= 0.6 is 0 Å². The van der Waals surface area contributed by atoms with Gasteiger partial charge < -0.3 is 20.2 Å². The van der Waals surface area contributed by atoms with E-state index in [1.54, 1.807) is 19.1 Å². The number of aromatic hydroxyl groups is 1. The number of hydrogen-bond acceptors (Lipinski definition) is 5. The highest BCUT2D eigenvalue weighted by Crippen LogP contribution is 2.36. The molecule has 0 saturated heterocycles. The zero-order valence-electron chi connectivity index (χ0n) is 18.1. The Balaban J connectivity index is 2.38. The topological polar surface area (TPSA) is 115 Å². The SMILES string of the molecule is CC1=CC(=C(c2ccc(N(C)C)cc2)c2cc(C)c(O)c(C(=O)O)c2)C=C(C(=O)O)C1=O. The monoisotopic (exact) mass is 433 g/mol. The second kappa shape index (κ2) is 8.55. The fraction of sp³-hybridized carbons (Fsp3) is 0.160. The first kappa shape index (κ1) is 22.6. The average molecular weight is 433 g/mol. The number of allylic oxidation sites excluding steroid dienone is 4. The molecule has 0 saturated carbocycles. The van der Waals surface area contributed by atoms with Crippen molar-refractivity contribution in [1.29, 1.82) is 0 Å². The number of Topliss-reactive ketones (excluding diaryl/α,β-unsaturated/α-hetero) is 1. The molecule has 0 aliphatic heterocycles. The van der Waals surface area contributed by atoms with Crippen LogP contribution in [0.15, 0.2) is 65.3 Å². The van der Waals surface area contributed by atoms with Crippen molar-refractivity contribution in [3.63, 3.8) is 0 Å². The number of carboxylic acids is 2. The van der Waals surface area contributed by atoms with E-state index >= 15 is 0 Å². The van der Waals surface area contributed by atoms with Crippen LogP contribution in [-0.2, 0) is 9.59 Å². The van der Waals surface area contributed by atoms with Crippen LogP contribution in [0, 0.1) is 6.92 Å². The van der Waals surface area contributed by atoms with Gasteiger partial charge in [0.05, 0.1) is 0 Å². The van der Waals surface area contributed by atoms with E-state index in [2.05, 4.69) is 0 Å². The molecule has 164 valence electrons. The highest BCUT2D eigenvalue weighted by atomic mass is 16.4. The zero-order valence-corrected chi connectivity index (χ0v) is 18.1. The molecule has 32 heavy (non-hydrogen) atoms. The molecule has 0 aromatic heterocycles. The van der Waals surface area contributed by atoms with Crippen LogP contribution in [0.4, 0.5) is 5.69 Å². The second-order valence-corrected chi connectivity index (χ2v) is 7.79. The van der Waals surface area contributed by atoms with E-state index in [1.165, 1.54) is 19.1 Å². The maximum atomic E-state index is 12.3. The van der Waals surface area contributed by atoms with Crippen LogP contribution in [0.3, 0.4) is 0 Å². The van der Waals surface area contributed by atoms with Crippen molar-refractivity contribution in [3.05, 3.63) is 87.5 Å². The standard InChI is InChI=1S/C25H23NO6/c1-13-9-16(11-19(22(13)27)24(29)30)21(15-5-7-18(8-6-15)26(3)4)17-10-14(2)23(28)20(12-17)25(31)32/h5-12,27H,1-4H3,(H,29,30)(H,31,32). The Kier molecular flexibility index (Phi) is 6.02. The third-order valence-corrected chi connectivity index (χ3v) is 5.29. The van der Waals surface area contributed by atoms with E-state index in [0.29, 0.717) is 27.8 Å². The number of phenols is 1. The van der Waals surface area contributed by atoms with Crippen molar-refractivity contribution in [2.24, 2.45) is 0 Å². The lowest BCUT2D eigenvalue weighted by Crippen LogP contribution is -2.17. The molecule has 3 N–H and O–H groups in total. The molecule has 2 aromatic rings. The number of nitrogens with zero attached hydrogens (tertiary/aromatic N) is 1. The molecule has 2 aromatic carbocycles. The van der Waals surface area contributed by atoms with Crippen molar-refractivity contribution in [2.45, 2.75) is 13.8 Å². The molecule has 0 unspecified atom stereocenters. The number of carbonyl (C=O) groups excluding carboxylic acids is 1. The van der Waals surface area contributed by atoms with Gasteiger partial charge in [0.1, 0.15) is 16.9 Å². The van der Waals surface area contributed by atoms with Gasteiger partial charge in [0, 0.05) is 19.8 Å². The summed E-state index contributed by atoms with van der Waals surface area (Å²) in [5, 5.41) is 29.2. The van der Waals surface area contributed by atoms with Crippen LogP contribution in [0.25, 0.3) is 5.57 Å². The molecule has 0 heterocycles. The fourth-order valence-corrected chi connectivity index (χ4v) is 3.59. The fourth-order valence-electron chi connectivity index (χ4n) is 3.59. The van der Waals surface area contributed by atoms with Gasteiger partial charge in [-0.3, -0.25) is 4.79 Å². The third-order valence-electron chi connectivity index (χ3n) is 5.29. The van der Waals surface area contributed by atoms with Crippen molar-refractivity contribution in [1.82, 2.24) is 0 Å².